The van der Waals surface area contributed by atoms with Crippen LogP contribution in [0.3, 0.4) is 0 Å². The summed E-state index contributed by atoms with van der Waals surface area (Å²) in [5.41, 5.74) is 1.90. The quantitative estimate of drug-likeness (QED) is 0.838. The highest BCUT2D eigenvalue weighted by atomic mass is 35.5. The molecule has 0 saturated carbocycles. The number of aromatic nitrogens is 1. The Morgan fingerprint density at radius 2 is 2.23 bits per heavy atom. The molecule has 0 spiro atoms. The number of aliphatic imine (C=N–C) groups is 1. The highest BCUT2D eigenvalue weighted by Crippen LogP contribution is 2.50. The minimum Gasteiger partial charge on any atom is -0.503 e. The highest BCUT2D eigenvalue weighted by molar-refractivity contribution is 8.14. The second-order valence-corrected chi connectivity index (χ2v) is 7.78. The van der Waals surface area contributed by atoms with Crippen LogP contribution in [-0.4, -0.2) is 39.1 Å². The molecule has 0 aliphatic carbocycles. The van der Waals surface area contributed by atoms with Crippen molar-refractivity contribution in [2.24, 2.45) is 4.99 Å². The first-order valence-electron chi connectivity index (χ1n) is 8.60. The number of nitrogens with zero attached hydrogens (tertiary/aromatic N) is 3. The van der Waals surface area contributed by atoms with Gasteiger partial charge in [0.15, 0.2) is 16.7 Å². The van der Waals surface area contributed by atoms with E-state index >= 15 is 0 Å². The van der Waals surface area contributed by atoms with Crippen LogP contribution in [0.2, 0.25) is 5.02 Å². The fourth-order valence-electron chi connectivity index (χ4n) is 3.63. The average Bonchev–Trinajstić information content (AvgIpc) is 3.23. The van der Waals surface area contributed by atoms with E-state index in [-0.39, 0.29) is 22.9 Å². The summed E-state index contributed by atoms with van der Waals surface area (Å²) >= 11 is 8.07. The number of pyridine rings is 1. The van der Waals surface area contributed by atoms with Crippen molar-refractivity contribution in [2.75, 3.05) is 12.9 Å². The minimum absolute atomic E-state index is 0.0214. The third kappa shape index (κ3) is 2.81. The number of fused-ring (bicyclic) bond motifs is 1. The van der Waals surface area contributed by atoms with Crippen molar-refractivity contribution >= 4 is 28.5 Å². The van der Waals surface area contributed by atoms with Gasteiger partial charge in [0.1, 0.15) is 6.04 Å². The lowest BCUT2D eigenvalue weighted by Crippen LogP contribution is -2.35. The minimum atomic E-state index is -0.113. The number of hydrogen-bond acceptors (Lipinski definition) is 6. The van der Waals surface area contributed by atoms with Gasteiger partial charge in [-0.15, -0.1) is 0 Å². The number of aromatic hydroxyl groups is 1. The number of halogens is 1. The molecular weight excluding hydrogens is 370 g/mol. The molecule has 7 heteroatoms. The zero-order valence-electron chi connectivity index (χ0n) is 14.6. The SMILES string of the molecule is CC[C@@H]1CSC2=N[C@H](c3ccccn3)[C@@H](c3cc(Cl)c(O)c(OC)c3)N21. The van der Waals surface area contributed by atoms with E-state index in [4.69, 9.17) is 21.3 Å². The zero-order valence-corrected chi connectivity index (χ0v) is 16.2. The zero-order chi connectivity index (χ0) is 18.3. The van der Waals surface area contributed by atoms with E-state index in [1.54, 1.807) is 18.0 Å². The second-order valence-electron chi connectivity index (χ2n) is 6.39. The van der Waals surface area contributed by atoms with Crippen LogP contribution in [0.15, 0.2) is 41.5 Å². The van der Waals surface area contributed by atoms with Gasteiger partial charge < -0.3 is 14.7 Å². The average molecular weight is 390 g/mol. The fraction of sp³-hybridized carbons (Fsp3) is 0.368. The number of phenolic OH excluding ortho intramolecular Hbond substituents is 1. The molecule has 1 saturated heterocycles. The molecule has 0 unspecified atom stereocenters. The molecule has 3 atom stereocenters. The monoisotopic (exact) mass is 389 g/mol. The normalized spacial score (nSPS) is 24.5. The number of ether oxygens (including phenoxy) is 1. The summed E-state index contributed by atoms with van der Waals surface area (Å²) in [6.45, 7) is 2.20. The predicted molar refractivity (Wildman–Crippen MR) is 105 cm³/mol. The van der Waals surface area contributed by atoms with E-state index in [2.05, 4.69) is 16.8 Å². The van der Waals surface area contributed by atoms with Crippen LogP contribution in [0, 0.1) is 0 Å². The molecule has 2 aliphatic heterocycles. The van der Waals surface area contributed by atoms with Crippen LogP contribution in [-0.2, 0) is 0 Å². The number of hydrogen-bond donors (Lipinski definition) is 1. The van der Waals surface area contributed by atoms with Crippen molar-refractivity contribution in [3.8, 4) is 11.5 Å². The smallest absolute Gasteiger partial charge is 0.176 e. The number of benzene rings is 1. The van der Waals surface area contributed by atoms with E-state index < -0.39 is 0 Å². The molecule has 0 radical (unpaired) electrons. The van der Waals surface area contributed by atoms with Gasteiger partial charge in [-0.25, -0.2) is 0 Å². The van der Waals surface area contributed by atoms with Gasteiger partial charge in [0.25, 0.3) is 0 Å². The van der Waals surface area contributed by atoms with Crippen molar-refractivity contribution in [1.29, 1.82) is 0 Å². The number of rotatable bonds is 4. The van der Waals surface area contributed by atoms with Crippen molar-refractivity contribution < 1.29 is 9.84 Å². The van der Waals surface area contributed by atoms with Gasteiger partial charge in [0.05, 0.1) is 23.9 Å². The lowest BCUT2D eigenvalue weighted by molar-refractivity contribution is 0.254. The third-order valence-electron chi connectivity index (χ3n) is 4.94. The molecule has 1 aromatic carbocycles. The first-order chi connectivity index (χ1) is 12.6. The van der Waals surface area contributed by atoms with Gasteiger partial charge in [-0.1, -0.05) is 36.4 Å². The Labute approximate surface area is 162 Å². The van der Waals surface area contributed by atoms with E-state index in [1.807, 2.05) is 30.3 Å². The van der Waals surface area contributed by atoms with Crippen LogP contribution in [0.4, 0.5) is 0 Å². The van der Waals surface area contributed by atoms with Crippen molar-refractivity contribution in [2.45, 2.75) is 31.5 Å². The summed E-state index contributed by atoms with van der Waals surface area (Å²) in [6.07, 6.45) is 2.84. The Kier molecular flexibility index (Phi) is 4.71. The molecule has 5 nitrogen and oxygen atoms in total. The van der Waals surface area contributed by atoms with Crippen LogP contribution in [0.1, 0.15) is 36.7 Å². The third-order valence-corrected chi connectivity index (χ3v) is 6.36. The number of amidine groups is 1. The van der Waals surface area contributed by atoms with Crippen molar-refractivity contribution in [3.63, 3.8) is 0 Å². The summed E-state index contributed by atoms with van der Waals surface area (Å²) in [4.78, 5) is 11.9. The summed E-state index contributed by atoms with van der Waals surface area (Å²) in [5, 5.41) is 11.5. The van der Waals surface area contributed by atoms with Crippen molar-refractivity contribution in [3.05, 3.63) is 52.8 Å². The standard InChI is InChI=1S/C19H20ClN3O2S/c1-3-12-10-26-19-22-16(14-6-4-5-7-21-14)17(23(12)19)11-8-13(20)18(24)15(9-11)25-2/h4-9,12,16-17,24H,3,10H2,1-2H3/t12-,16-,17-/m1/s1. The van der Waals surface area contributed by atoms with E-state index in [0.29, 0.717) is 11.8 Å². The van der Waals surface area contributed by atoms with Gasteiger partial charge in [-0.05, 0) is 36.2 Å². The van der Waals surface area contributed by atoms with E-state index in [1.165, 1.54) is 7.11 Å². The maximum Gasteiger partial charge on any atom is 0.176 e. The Balaban J connectivity index is 1.83. The Morgan fingerprint density at radius 1 is 1.38 bits per heavy atom. The lowest BCUT2D eigenvalue weighted by Gasteiger charge is -2.32. The summed E-state index contributed by atoms with van der Waals surface area (Å²) < 4.78 is 5.32. The van der Waals surface area contributed by atoms with E-state index in [9.17, 15) is 5.11 Å². The first kappa shape index (κ1) is 17.5. The number of methoxy groups -OCH3 is 1. The van der Waals surface area contributed by atoms with Gasteiger partial charge >= 0.3 is 0 Å². The maximum atomic E-state index is 10.1. The van der Waals surface area contributed by atoms with Crippen LogP contribution in [0.25, 0.3) is 0 Å². The molecule has 2 aromatic rings. The largest absolute Gasteiger partial charge is 0.503 e. The topological polar surface area (TPSA) is 58.0 Å². The maximum absolute atomic E-state index is 10.1. The summed E-state index contributed by atoms with van der Waals surface area (Å²) in [6, 6.07) is 9.85. The van der Waals surface area contributed by atoms with Crippen LogP contribution >= 0.6 is 23.4 Å². The Bertz CT molecular complexity index is 846. The summed E-state index contributed by atoms with van der Waals surface area (Å²) in [5.74, 6) is 1.37. The molecular formula is C19H20ClN3O2S. The molecule has 26 heavy (non-hydrogen) atoms. The molecule has 136 valence electrons. The van der Waals surface area contributed by atoms with Crippen LogP contribution in [0.5, 0.6) is 11.5 Å². The molecule has 3 heterocycles. The molecule has 1 fully saturated rings. The number of phenols is 1. The van der Waals surface area contributed by atoms with Gasteiger partial charge in [-0.2, -0.15) is 0 Å². The molecule has 1 N–H and O–H groups in total. The van der Waals surface area contributed by atoms with Gasteiger partial charge in [0.2, 0.25) is 0 Å². The van der Waals surface area contributed by atoms with Crippen molar-refractivity contribution in [1.82, 2.24) is 9.88 Å². The summed E-state index contributed by atoms with van der Waals surface area (Å²) in [7, 11) is 1.53. The first-order valence-corrected chi connectivity index (χ1v) is 9.96. The molecule has 4 rings (SSSR count). The Morgan fingerprint density at radius 3 is 2.92 bits per heavy atom. The second kappa shape index (κ2) is 7.00. The van der Waals surface area contributed by atoms with Gasteiger partial charge in [0, 0.05) is 18.0 Å². The number of thioether (sulfide) groups is 1. The van der Waals surface area contributed by atoms with Gasteiger partial charge in [-0.3, -0.25) is 9.98 Å². The molecule has 0 amide bonds. The Hall–Kier alpha value is -1.92. The van der Waals surface area contributed by atoms with Crippen LogP contribution < -0.4 is 4.74 Å². The molecule has 0 bridgehead atoms. The fourth-order valence-corrected chi connectivity index (χ4v) is 5.19. The molecule has 2 aliphatic rings. The lowest BCUT2D eigenvalue weighted by atomic mass is 9.95. The predicted octanol–water partition coefficient (Wildman–Crippen LogP) is 4.43. The van der Waals surface area contributed by atoms with E-state index in [0.717, 1.165) is 28.6 Å². The molecule has 1 aromatic heterocycles. The highest BCUT2D eigenvalue weighted by Gasteiger charge is 2.45.